The van der Waals surface area contributed by atoms with E-state index >= 15 is 0 Å². The van der Waals surface area contributed by atoms with Gasteiger partial charge >= 0.3 is 5.69 Å². The number of imidazole rings is 1. The van der Waals surface area contributed by atoms with Gasteiger partial charge in [0.25, 0.3) is 5.91 Å². The molecule has 0 radical (unpaired) electrons. The van der Waals surface area contributed by atoms with Crippen molar-refractivity contribution in [3.63, 3.8) is 0 Å². The van der Waals surface area contributed by atoms with Gasteiger partial charge in [-0.25, -0.2) is 4.79 Å². The monoisotopic (exact) mass is 419 g/mol. The molecule has 5 rings (SSSR count). The minimum atomic E-state index is -0.0313. The molecule has 2 aromatic heterocycles. The first-order valence-electron chi connectivity index (χ1n) is 11.3. The molecule has 1 amide bonds. The zero-order valence-corrected chi connectivity index (χ0v) is 17.7. The van der Waals surface area contributed by atoms with Gasteiger partial charge in [0.2, 0.25) is 0 Å². The summed E-state index contributed by atoms with van der Waals surface area (Å²) in [5.41, 5.74) is 2.57. The molecule has 7 nitrogen and oxygen atoms in total. The fourth-order valence-electron chi connectivity index (χ4n) is 5.29. The van der Waals surface area contributed by atoms with Crippen LogP contribution in [0.5, 0.6) is 0 Å². The molecule has 1 aliphatic heterocycles. The molecule has 1 saturated carbocycles. The lowest BCUT2D eigenvalue weighted by Gasteiger charge is -2.41. The van der Waals surface area contributed by atoms with Gasteiger partial charge in [-0.2, -0.15) is 0 Å². The van der Waals surface area contributed by atoms with Crippen molar-refractivity contribution in [3.8, 4) is 0 Å². The van der Waals surface area contributed by atoms with Crippen LogP contribution in [0.15, 0.2) is 53.6 Å². The highest BCUT2D eigenvalue weighted by Crippen LogP contribution is 2.33. The van der Waals surface area contributed by atoms with E-state index in [1.54, 1.807) is 24.5 Å². The van der Waals surface area contributed by atoms with Crippen LogP contribution in [0.4, 0.5) is 0 Å². The Kier molecular flexibility index (Phi) is 5.59. The van der Waals surface area contributed by atoms with Crippen molar-refractivity contribution in [2.24, 2.45) is 0 Å². The Morgan fingerprint density at radius 1 is 0.968 bits per heavy atom. The predicted molar refractivity (Wildman–Crippen MR) is 120 cm³/mol. The van der Waals surface area contributed by atoms with Crippen molar-refractivity contribution < 1.29 is 4.79 Å². The number of nitrogens with one attached hydrogen (secondary N) is 2. The van der Waals surface area contributed by atoms with E-state index in [1.807, 2.05) is 28.8 Å². The highest BCUT2D eigenvalue weighted by molar-refractivity contribution is 5.94. The third-order valence-electron chi connectivity index (χ3n) is 6.96. The Hall–Kier alpha value is -2.93. The normalized spacial score (nSPS) is 23.1. The van der Waals surface area contributed by atoms with E-state index in [0.29, 0.717) is 11.6 Å². The van der Waals surface area contributed by atoms with E-state index in [4.69, 9.17) is 0 Å². The lowest BCUT2D eigenvalue weighted by atomic mass is 9.88. The van der Waals surface area contributed by atoms with Gasteiger partial charge in [-0.05, 0) is 62.8 Å². The lowest BCUT2D eigenvalue weighted by molar-refractivity contribution is 0.0842. The average Bonchev–Trinajstić information content (AvgIpc) is 3.16. The largest absolute Gasteiger partial charge is 0.349 e. The fourth-order valence-corrected chi connectivity index (χ4v) is 5.29. The van der Waals surface area contributed by atoms with Gasteiger partial charge in [0.05, 0.1) is 16.6 Å². The van der Waals surface area contributed by atoms with Crippen molar-refractivity contribution in [2.45, 2.75) is 56.7 Å². The number of hydrogen-bond acceptors (Lipinski definition) is 4. The van der Waals surface area contributed by atoms with E-state index in [-0.39, 0.29) is 23.7 Å². The zero-order chi connectivity index (χ0) is 21.2. The highest BCUT2D eigenvalue weighted by atomic mass is 16.2. The molecule has 2 fully saturated rings. The van der Waals surface area contributed by atoms with Crippen LogP contribution in [0.3, 0.4) is 0 Å². The molecule has 0 spiro atoms. The summed E-state index contributed by atoms with van der Waals surface area (Å²) in [7, 11) is 0. The molecule has 1 saturated heterocycles. The number of para-hydroxylation sites is 2. The number of carbonyl (C=O) groups excluding carboxylic acids is 1. The number of benzene rings is 1. The number of nitrogens with zero attached hydrogens (tertiary/aromatic N) is 3. The van der Waals surface area contributed by atoms with Crippen LogP contribution in [0, 0.1) is 0 Å². The van der Waals surface area contributed by atoms with Crippen molar-refractivity contribution in [3.05, 3.63) is 64.8 Å². The van der Waals surface area contributed by atoms with E-state index in [9.17, 15) is 9.59 Å². The van der Waals surface area contributed by atoms with Gasteiger partial charge in [0.1, 0.15) is 0 Å². The van der Waals surface area contributed by atoms with Gasteiger partial charge in [-0.1, -0.05) is 12.1 Å². The standard InChI is InChI=1S/C24H29N5O2/c30-23(17-4-3-13-25-16-17)26-18-11-14-28(15-12-18)19-7-9-20(10-8-19)29-22-6-2-1-5-21(22)27-24(29)31/h1-6,13,16,18-20H,7-12,14-15H2,(H,26,30)(H,27,31)/t19-,20-. The number of aromatic amines is 1. The number of pyridine rings is 1. The van der Waals surface area contributed by atoms with Crippen molar-refractivity contribution >= 4 is 16.9 Å². The van der Waals surface area contributed by atoms with Crippen LogP contribution in [0.1, 0.15) is 54.9 Å². The molecule has 0 atom stereocenters. The molecule has 31 heavy (non-hydrogen) atoms. The van der Waals surface area contributed by atoms with Gasteiger partial charge < -0.3 is 15.2 Å². The number of aromatic nitrogens is 3. The van der Waals surface area contributed by atoms with Crippen LogP contribution in [-0.2, 0) is 0 Å². The van der Waals surface area contributed by atoms with E-state index in [0.717, 1.165) is 62.6 Å². The van der Waals surface area contributed by atoms with Crippen LogP contribution < -0.4 is 11.0 Å². The SMILES string of the molecule is O=C(NC1CCN([C@H]2CC[C@H](n3c(=O)[nH]c4ccccc43)CC2)CC1)c1cccnc1. The number of amides is 1. The summed E-state index contributed by atoms with van der Waals surface area (Å²) in [6.45, 7) is 2.03. The Bertz CT molecular complexity index is 1090. The quantitative estimate of drug-likeness (QED) is 0.681. The molecule has 1 aliphatic carbocycles. The number of likely N-dealkylation sites (tertiary alicyclic amines) is 1. The molecule has 3 aromatic rings. The van der Waals surface area contributed by atoms with E-state index < -0.39 is 0 Å². The summed E-state index contributed by atoms with van der Waals surface area (Å²) in [6, 6.07) is 12.6. The number of carbonyl (C=O) groups is 1. The summed E-state index contributed by atoms with van der Waals surface area (Å²) >= 11 is 0. The van der Waals surface area contributed by atoms with Gasteiger partial charge in [-0.15, -0.1) is 0 Å². The van der Waals surface area contributed by atoms with E-state index in [1.165, 1.54) is 0 Å². The molecule has 7 heteroatoms. The maximum absolute atomic E-state index is 12.5. The minimum Gasteiger partial charge on any atom is -0.349 e. The number of rotatable bonds is 4. The second-order valence-electron chi connectivity index (χ2n) is 8.81. The topological polar surface area (TPSA) is 83.0 Å². The van der Waals surface area contributed by atoms with Crippen LogP contribution in [-0.4, -0.2) is 50.5 Å². The predicted octanol–water partition coefficient (Wildman–Crippen LogP) is 3.10. The van der Waals surface area contributed by atoms with Crippen molar-refractivity contribution in [2.75, 3.05) is 13.1 Å². The van der Waals surface area contributed by atoms with Crippen LogP contribution in [0.25, 0.3) is 11.0 Å². The molecule has 0 unspecified atom stereocenters. The molecular weight excluding hydrogens is 390 g/mol. The maximum Gasteiger partial charge on any atom is 0.326 e. The van der Waals surface area contributed by atoms with Crippen molar-refractivity contribution in [1.82, 2.24) is 24.8 Å². The molecule has 2 N–H and O–H groups in total. The van der Waals surface area contributed by atoms with Crippen LogP contribution >= 0.6 is 0 Å². The van der Waals surface area contributed by atoms with Gasteiger partial charge in [-0.3, -0.25) is 14.3 Å². The van der Waals surface area contributed by atoms with E-state index in [2.05, 4.69) is 20.2 Å². The molecule has 2 aliphatic rings. The number of H-pyrrole nitrogens is 1. The third-order valence-corrected chi connectivity index (χ3v) is 6.96. The third kappa shape index (κ3) is 4.14. The Labute approximate surface area is 181 Å². The molecule has 3 heterocycles. The second kappa shape index (κ2) is 8.67. The average molecular weight is 420 g/mol. The number of piperidine rings is 1. The second-order valence-corrected chi connectivity index (χ2v) is 8.81. The number of fused-ring (bicyclic) bond motifs is 1. The Balaban J connectivity index is 1.14. The van der Waals surface area contributed by atoms with Gasteiger partial charge in [0, 0.05) is 43.6 Å². The summed E-state index contributed by atoms with van der Waals surface area (Å²) in [5, 5.41) is 3.16. The maximum atomic E-state index is 12.5. The number of hydrogen-bond donors (Lipinski definition) is 2. The van der Waals surface area contributed by atoms with Crippen molar-refractivity contribution in [1.29, 1.82) is 0 Å². The first-order chi connectivity index (χ1) is 15.2. The summed E-state index contributed by atoms with van der Waals surface area (Å²) in [6.07, 6.45) is 9.54. The van der Waals surface area contributed by atoms with Crippen LogP contribution in [0.2, 0.25) is 0 Å². The minimum absolute atomic E-state index is 0.00909. The lowest BCUT2D eigenvalue weighted by Crippen LogP contribution is -2.49. The first kappa shape index (κ1) is 20.0. The Morgan fingerprint density at radius 2 is 1.71 bits per heavy atom. The fraction of sp³-hybridized carbons (Fsp3) is 0.458. The van der Waals surface area contributed by atoms with Gasteiger partial charge in [0.15, 0.2) is 0 Å². The zero-order valence-electron chi connectivity index (χ0n) is 17.7. The first-order valence-corrected chi connectivity index (χ1v) is 11.3. The Morgan fingerprint density at radius 3 is 2.45 bits per heavy atom. The summed E-state index contributed by atoms with van der Waals surface area (Å²) in [4.78, 5) is 34.5. The smallest absolute Gasteiger partial charge is 0.326 e. The molecule has 1 aromatic carbocycles. The molecular formula is C24H29N5O2. The molecule has 162 valence electrons. The summed E-state index contributed by atoms with van der Waals surface area (Å²) in [5.74, 6) is -0.0313. The summed E-state index contributed by atoms with van der Waals surface area (Å²) < 4.78 is 1.96. The molecule has 0 bridgehead atoms. The highest BCUT2D eigenvalue weighted by Gasteiger charge is 2.31.